The summed E-state index contributed by atoms with van der Waals surface area (Å²) in [5.74, 6) is -0.897. The number of halogens is 2. The molecule has 0 fully saturated rings. The maximum Gasteiger partial charge on any atom is 0.244 e. The first kappa shape index (κ1) is 24.0. The van der Waals surface area contributed by atoms with Crippen LogP contribution in [0.3, 0.4) is 0 Å². The van der Waals surface area contributed by atoms with Crippen molar-refractivity contribution >= 4 is 50.7 Å². The minimum atomic E-state index is -3.82. The van der Waals surface area contributed by atoms with E-state index in [-0.39, 0.29) is 28.2 Å². The van der Waals surface area contributed by atoms with Gasteiger partial charge in [0.1, 0.15) is 12.6 Å². The molecule has 0 aliphatic heterocycles. The van der Waals surface area contributed by atoms with E-state index in [1.54, 1.807) is 6.92 Å². The van der Waals surface area contributed by atoms with Crippen LogP contribution in [0.15, 0.2) is 48.5 Å². The van der Waals surface area contributed by atoms with Crippen LogP contribution in [-0.2, 0) is 26.2 Å². The first-order valence-electron chi connectivity index (χ1n) is 9.02. The van der Waals surface area contributed by atoms with Crippen LogP contribution in [-0.4, -0.2) is 51.0 Å². The van der Waals surface area contributed by atoms with Crippen molar-refractivity contribution in [2.24, 2.45) is 0 Å². The molecule has 2 aromatic rings. The Labute approximate surface area is 186 Å². The van der Waals surface area contributed by atoms with Crippen LogP contribution in [0, 0.1) is 0 Å². The van der Waals surface area contributed by atoms with E-state index in [9.17, 15) is 18.0 Å². The second-order valence-corrected chi connectivity index (χ2v) is 9.39. The maximum absolute atomic E-state index is 13.2. The predicted octanol–water partition coefficient (Wildman–Crippen LogP) is 2.92. The fourth-order valence-electron chi connectivity index (χ4n) is 2.83. The zero-order valence-electron chi connectivity index (χ0n) is 16.8. The van der Waals surface area contributed by atoms with E-state index in [2.05, 4.69) is 5.32 Å². The largest absolute Gasteiger partial charge is 0.357 e. The van der Waals surface area contributed by atoms with Gasteiger partial charge < -0.3 is 10.2 Å². The lowest BCUT2D eigenvalue weighted by Gasteiger charge is -2.31. The van der Waals surface area contributed by atoms with Crippen LogP contribution < -0.4 is 9.62 Å². The Morgan fingerprint density at radius 2 is 1.70 bits per heavy atom. The summed E-state index contributed by atoms with van der Waals surface area (Å²) in [4.78, 5) is 26.7. The zero-order chi connectivity index (χ0) is 22.5. The molecule has 0 heterocycles. The Bertz CT molecular complexity index is 1020. The van der Waals surface area contributed by atoms with Crippen molar-refractivity contribution in [1.82, 2.24) is 10.2 Å². The molecule has 1 atom stereocenters. The number of hydrogen-bond donors (Lipinski definition) is 1. The van der Waals surface area contributed by atoms with Gasteiger partial charge in [-0.05, 0) is 30.7 Å². The minimum Gasteiger partial charge on any atom is -0.357 e. The molecule has 0 radical (unpaired) electrons. The van der Waals surface area contributed by atoms with E-state index in [1.807, 2.05) is 30.3 Å². The van der Waals surface area contributed by atoms with Crippen molar-refractivity contribution in [1.29, 1.82) is 0 Å². The number of nitrogens with one attached hydrogen (secondary N) is 1. The molecular formula is C20H23Cl2N3O4S. The lowest BCUT2D eigenvalue weighted by molar-refractivity contribution is -0.139. The van der Waals surface area contributed by atoms with Gasteiger partial charge in [-0.3, -0.25) is 13.9 Å². The summed E-state index contributed by atoms with van der Waals surface area (Å²) in [6, 6.07) is 12.6. The molecule has 0 saturated heterocycles. The van der Waals surface area contributed by atoms with E-state index in [1.165, 1.54) is 30.1 Å². The average Bonchev–Trinajstić information content (AvgIpc) is 2.71. The lowest BCUT2D eigenvalue weighted by Crippen LogP contribution is -2.50. The van der Waals surface area contributed by atoms with E-state index in [0.29, 0.717) is 0 Å². The number of likely N-dealkylation sites (N-methyl/N-ethyl adjacent to an activating group) is 1. The molecule has 0 spiro atoms. The van der Waals surface area contributed by atoms with Gasteiger partial charge in [-0.2, -0.15) is 0 Å². The number of amides is 2. The second-order valence-electron chi connectivity index (χ2n) is 6.67. The fraction of sp³-hybridized carbons (Fsp3) is 0.300. The quantitative estimate of drug-likeness (QED) is 0.640. The monoisotopic (exact) mass is 471 g/mol. The van der Waals surface area contributed by atoms with Crippen molar-refractivity contribution < 1.29 is 18.0 Å². The molecule has 1 N–H and O–H groups in total. The summed E-state index contributed by atoms with van der Waals surface area (Å²) in [6.07, 6.45) is 0.993. The van der Waals surface area contributed by atoms with E-state index < -0.39 is 28.5 Å². The number of anilines is 1. The zero-order valence-corrected chi connectivity index (χ0v) is 19.1. The van der Waals surface area contributed by atoms with Gasteiger partial charge in [-0.1, -0.05) is 53.5 Å². The molecule has 2 amide bonds. The number of rotatable bonds is 8. The third-order valence-electron chi connectivity index (χ3n) is 4.48. The van der Waals surface area contributed by atoms with Gasteiger partial charge in [0, 0.05) is 13.6 Å². The smallest absolute Gasteiger partial charge is 0.244 e. The topological polar surface area (TPSA) is 86.8 Å². The SMILES string of the molecule is CNC(=O)[C@H](C)N(Cc1ccccc1)C(=O)CN(c1ccc(Cl)c(Cl)c1)S(C)(=O)=O. The van der Waals surface area contributed by atoms with Crippen LogP contribution in [0.2, 0.25) is 10.0 Å². The van der Waals surface area contributed by atoms with Crippen molar-refractivity contribution in [3.8, 4) is 0 Å². The van der Waals surface area contributed by atoms with Gasteiger partial charge >= 0.3 is 0 Å². The lowest BCUT2D eigenvalue weighted by atomic mass is 10.1. The maximum atomic E-state index is 13.2. The molecule has 0 aliphatic carbocycles. The first-order chi connectivity index (χ1) is 14.0. The number of hydrogen-bond acceptors (Lipinski definition) is 4. The Hall–Kier alpha value is -2.29. The van der Waals surface area contributed by atoms with Crippen molar-refractivity contribution in [3.63, 3.8) is 0 Å². The average molecular weight is 472 g/mol. The van der Waals surface area contributed by atoms with Gasteiger partial charge in [0.2, 0.25) is 21.8 Å². The molecule has 0 bridgehead atoms. The molecule has 7 nitrogen and oxygen atoms in total. The Balaban J connectivity index is 2.38. The number of benzene rings is 2. The van der Waals surface area contributed by atoms with Gasteiger partial charge in [0.05, 0.1) is 22.0 Å². The molecular weight excluding hydrogens is 449 g/mol. The Kier molecular flexibility index (Phi) is 8.11. The minimum absolute atomic E-state index is 0.146. The summed E-state index contributed by atoms with van der Waals surface area (Å²) >= 11 is 11.9. The molecule has 2 rings (SSSR count). The van der Waals surface area contributed by atoms with Gasteiger partial charge in [-0.15, -0.1) is 0 Å². The highest BCUT2D eigenvalue weighted by molar-refractivity contribution is 7.92. The highest BCUT2D eigenvalue weighted by Gasteiger charge is 2.29. The molecule has 162 valence electrons. The third kappa shape index (κ3) is 6.10. The van der Waals surface area contributed by atoms with Crippen molar-refractivity contribution in [3.05, 3.63) is 64.1 Å². The van der Waals surface area contributed by atoms with E-state index in [4.69, 9.17) is 23.2 Å². The second kappa shape index (κ2) is 10.1. The van der Waals surface area contributed by atoms with Gasteiger partial charge in [0.25, 0.3) is 0 Å². The first-order valence-corrected chi connectivity index (χ1v) is 11.6. The predicted molar refractivity (Wildman–Crippen MR) is 119 cm³/mol. The van der Waals surface area contributed by atoms with Crippen molar-refractivity contribution in [2.75, 3.05) is 24.2 Å². The molecule has 0 unspecified atom stereocenters. The van der Waals surface area contributed by atoms with Crippen LogP contribution >= 0.6 is 23.2 Å². The third-order valence-corrected chi connectivity index (χ3v) is 6.36. The Morgan fingerprint density at radius 1 is 1.07 bits per heavy atom. The normalized spacial score (nSPS) is 12.2. The summed E-state index contributed by atoms with van der Waals surface area (Å²) in [6.45, 7) is 1.24. The molecule has 10 heteroatoms. The number of carbonyl (C=O) groups excluding carboxylic acids is 2. The van der Waals surface area contributed by atoms with Gasteiger partial charge in [-0.25, -0.2) is 8.42 Å². The van der Waals surface area contributed by atoms with Crippen molar-refractivity contribution in [2.45, 2.75) is 19.5 Å². The van der Waals surface area contributed by atoms with Gasteiger partial charge in [0.15, 0.2) is 0 Å². The summed E-state index contributed by atoms with van der Waals surface area (Å²) < 4.78 is 25.7. The Morgan fingerprint density at radius 3 is 2.23 bits per heavy atom. The molecule has 0 saturated carbocycles. The number of sulfonamides is 1. The summed E-state index contributed by atoms with van der Waals surface area (Å²) in [7, 11) is -2.34. The number of carbonyl (C=O) groups is 2. The van der Waals surface area contributed by atoms with Crippen LogP contribution in [0.4, 0.5) is 5.69 Å². The summed E-state index contributed by atoms with van der Waals surface area (Å²) in [5, 5.41) is 2.94. The molecule has 2 aromatic carbocycles. The molecule has 30 heavy (non-hydrogen) atoms. The summed E-state index contributed by atoms with van der Waals surface area (Å²) in [5.41, 5.74) is 1.01. The standard InChI is InChI=1S/C20H23Cl2N3O4S/c1-14(20(27)23-2)24(12-15-7-5-4-6-8-15)19(26)13-25(30(3,28)29)16-9-10-17(21)18(22)11-16/h4-11,14H,12-13H2,1-3H3,(H,23,27)/t14-/m0/s1. The molecule has 0 aromatic heterocycles. The van der Waals surface area contributed by atoms with Crippen LogP contribution in [0.5, 0.6) is 0 Å². The highest BCUT2D eigenvalue weighted by atomic mass is 35.5. The number of nitrogens with zero attached hydrogens (tertiary/aromatic N) is 2. The van der Waals surface area contributed by atoms with E-state index >= 15 is 0 Å². The highest BCUT2D eigenvalue weighted by Crippen LogP contribution is 2.28. The molecule has 0 aliphatic rings. The fourth-order valence-corrected chi connectivity index (χ4v) is 3.96. The van der Waals surface area contributed by atoms with Crippen LogP contribution in [0.1, 0.15) is 12.5 Å². The van der Waals surface area contributed by atoms with E-state index in [0.717, 1.165) is 16.1 Å². The van der Waals surface area contributed by atoms with Crippen LogP contribution in [0.25, 0.3) is 0 Å².